The highest BCUT2D eigenvalue weighted by molar-refractivity contribution is 9.10. The molecule has 0 bridgehead atoms. The van der Waals surface area contributed by atoms with Crippen LogP contribution in [0.4, 0.5) is 11.5 Å². The van der Waals surface area contributed by atoms with Crippen LogP contribution in [0.1, 0.15) is 30.1 Å². The third kappa shape index (κ3) is 3.91. The number of carbonyl (C=O) groups excluding carboxylic acids is 1. The molecule has 4 aromatic rings. The van der Waals surface area contributed by atoms with Crippen LogP contribution in [0.2, 0.25) is 0 Å². The van der Waals surface area contributed by atoms with E-state index in [1.165, 1.54) is 4.40 Å². The van der Waals surface area contributed by atoms with E-state index in [4.69, 9.17) is 4.74 Å². The maximum Gasteiger partial charge on any atom is 0.359 e. The van der Waals surface area contributed by atoms with Crippen LogP contribution in [-0.4, -0.2) is 22.0 Å². The second-order valence-electron chi connectivity index (χ2n) is 6.76. The van der Waals surface area contributed by atoms with E-state index < -0.39 is 0 Å². The molecule has 0 fully saturated rings. The lowest BCUT2D eigenvalue weighted by molar-refractivity contribution is -0.336. The molecular formula is C22H20BrN4O3+. The number of aromatic amines is 1. The molecular weight excluding hydrogens is 448 g/mol. The highest BCUT2D eigenvalue weighted by Crippen LogP contribution is 2.24. The van der Waals surface area contributed by atoms with Gasteiger partial charge >= 0.3 is 17.3 Å². The van der Waals surface area contributed by atoms with Crippen molar-refractivity contribution in [3.8, 4) is 0 Å². The minimum Gasteiger partial charge on any atom is -0.462 e. The molecule has 0 saturated carbocycles. The van der Waals surface area contributed by atoms with Crippen LogP contribution in [0, 0.1) is 0 Å². The lowest BCUT2D eigenvalue weighted by Gasteiger charge is -2.10. The van der Waals surface area contributed by atoms with Gasteiger partial charge in [-0.2, -0.15) is 4.40 Å². The molecule has 0 amide bonds. The number of halogens is 1. The summed E-state index contributed by atoms with van der Waals surface area (Å²) in [4.78, 5) is 32.9. The Morgan fingerprint density at radius 2 is 1.97 bits per heavy atom. The van der Waals surface area contributed by atoms with E-state index in [-0.39, 0.29) is 11.5 Å². The first-order valence-electron chi connectivity index (χ1n) is 9.64. The molecule has 0 aliphatic heterocycles. The van der Waals surface area contributed by atoms with Gasteiger partial charge in [-0.05, 0) is 46.6 Å². The molecule has 7 nitrogen and oxygen atoms in total. The van der Waals surface area contributed by atoms with Crippen LogP contribution in [0.5, 0.6) is 0 Å². The first-order chi connectivity index (χ1) is 14.6. The number of rotatable bonds is 6. The third-order valence-corrected chi connectivity index (χ3v) is 5.26. The molecule has 152 valence electrons. The second-order valence-corrected chi connectivity index (χ2v) is 7.62. The van der Waals surface area contributed by atoms with Gasteiger partial charge in [-0.1, -0.05) is 37.6 Å². The van der Waals surface area contributed by atoms with Crippen LogP contribution >= 0.6 is 15.9 Å². The first kappa shape index (κ1) is 20.0. The van der Waals surface area contributed by atoms with Gasteiger partial charge in [-0.3, -0.25) is 10.1 Å². The lowest BCUT2D eigenvalue weighted by atomic mass is 10.2. The number of aromatic nitrogens is 3. The lowest BCUT2D eigenvalue weighted by Crippen LogP contribution is -2.25. The Labute approximate surface area is 180 Å². The first-order valence-corrected chi connectivity index (χ1v) is 10.4. The zero-order valence-corrected chi connectivity index (χ0v) is 17.9. The number of ether oxygens (including phenoxy) is 1. The number of para-hydroxylation sites is 2. The monoisotopic (exact) mass is 467 g/mol. The summed E-state index contributed by atoms with van der Waals surface area (Å²) in [5, 5.41) is 3.75. The zero-order chi connectivity index (χ0) is 21.1. The fourth-order valence-corrected chi connectivity index (χ4v) is 3.49. The summed E-state index contributed by atoms with van der Waals surface area (Å²) in [6.07, 6.45) is 3.42. The van der Waals surface area contributed by atoms with Gasteiger partial charge in [0.2, 0.25) is 5.82 Å². The summed E-state index contributed by atoms with van der Waals surface area (Å²) in [6.45, 7) is 2.42. The number of unbranched alkanes of at least 4 members (excludes halogenated alkanes) is 1. The van der Waals surface area contributed by atoms with E-state index in [0.29, 0.717) is 44.8 Å². The molecule has 0 spiro atoms. The van der Waals surface area contributed by atoms with Crippen LogP contribution in [0.15, 0.2) is 64.0 Å². The Kier molecular flexibility index (Phi) is 5.76. The van der Waals surface area contributed by atoms with Crippen LogP contribution < -0.4 is 15.9 Å². The predicted octanol–water partition coefficient (Wildman–Crippen LogP) is 4.12. The van der Waals surface area contributed by atoms with Crippen molar-refractivity contribution in [1.29, 1.82) is 0 Å². The normalized spacial score (nSPS) is 11.0. The Balaban J connectivity index is 1.73. The summed E-state index contributed by atoms with van der Waals surface area (Å²) < 4.78 is 7.41. The minimum absolute atomic E-state index is 0.168. The van der Waals surface area contributed by atoms with E-state index in [1.807, 2.05) is 25.1 Å². The average Bonchev–Trinajstić information content (AvgIpc) is 2.76. The van der Waals surface area contributed by atoms with Crippen LogP contribution in [0.25, 0.3) is 16.7 Å². The average molecular weight is 468 g/mol. The van der Waals surface area contributed by atoms with Crippen molar-refractivity contribution in [2.45, 2.75) is 19.8 Å². The number of carbonyl (C=O) groups is 1. The predicted molar refractivity (Wildman–Crippen MR) is 118 cm³/mol. The number of esters is 1. The van der Waals surface area contributed by atoms with Gasteiger partial charge in [0.15, 0.2) is 0 Å². The molecule has 2 aromatic heterocycles. The molecule has 2 aromatic carbocycles. The van der Waals surface area contributed by atoms with E-state index in [2.05, 4.69) is 31.2 Å². The third-order valence-electron chi connectivity index (χ3n) is 4.66. The number of hydrogen-bond acceptors (Lipinski definition) is 5. The molecule has 2 heterocycles. The van der Waals surface area contributed by atoms with Crippen LogP contribution in [-0.2, 0) is 4.74 Å². The van der Waals surface area contributed by atoms with Gasteiger partial charge in [0.25, 0.3) is 0 Å². The molecule has 0 radical (unpaired) electrons. The molecule has 0 atom stereocenters. The number of benzene rings is 2. The molecule has 30 heavy (non-hydrogen) atoms. The van der Waals surface area contributed by atoms with E-state index >= 15 is 0 Å². The number of nitrogens with one attached hydrogen (secondary N) is 2. The van der Waals surface area contributed by atoms with Gasteiger partial charge < -0.3 is 4.74 Å². The molecule has 0 saturated heterocycles. The summed E-state index contributed by atoms with van der Waals surface area (Å²) >= 11 is 3.49. The van der Waals surface area contributed by atoms with Crippen molar-refractivity contribution < 1.29 is 14.5 Å². The quantitative estimate of drug-likeness (QED) is 0.261. The molecule has 2 N–H and O–H groups in total. The molecule has 4 rings (SSSR count). The van der Waals surface area contributed by atoms with Crippen molar-refractivity contribution in [2.75, 3.05) is 11.9 Å². The smallest absolute Gasteiger partial charge is 0.359 e. The van der Waals surface area contributed by atoms with Crippen molar-refractivity contribution in [3.05, 3.63) is 75.1 Å². The fraction of sp³-hybridized carbons (Fsp3) is 0.182. The van der Waals surface area contributed by atoms with E-state index in [1.54, 1.807) is 36.5 Å². The summed E-state index contributed by atoms with van der Waals surface area (Å²) in [6, 6.07) is 14.3. The highest BCUT2D eigenvalue weighted by Gasteiger charge is 2.19. The summed E-state index contributed by atoms with van der Waals surface area (Å²) in [5.74, 6) is 0.558. The zero-order valence-electron chi connectivity index (χ0n) is 16.3. The van der Waals surface area contributed by atoms with Crippen molar-refractivity contribution >= 4 is 50.1 Å². The van der Waals surface area contributed by atoms with Gasteiger partial charge in [0, 0.05) is 0 Å². The second kappa shape index (κ2) is 8.62. The standard InChI is InChI=1S/C22H19BrN4O3/c1-2-3-12-30-21(29)15-9-5-7-11-18(15)24-19-16(23)13-27-20(28)14-8-4-6-10-17(14)25-22(27)26-19/h4-11,13H,2-3,12H2,1H3,(H,24,25,26)/p+1. The number of fused-ring (bicyclic) bond motifs is 2. The molecule has 8 heteroatoms. The molecule has 0 aliphatic carbocycles. The van der Waals surface area contributed by atoms with Crippen LogP contribution in [0.3, 0.4) is 0 Å². The molecule has 0 unspecified atom stereocenters. The highest BCUT2D eigenvalue weighted by atomic mass is 79.9. The minimum atomic E-state index is -0.385. The Hall–Kier alpha value is -3.26. The fourth-order valence-electron chi connectivity index (χ4n) is 3.09. The maximum absolute atomic E-state index is 12.8. The Morgan fingerprint density at radius 1 is 1.20 bits per heavy atom. The maximum atomic E-state index is 12.8. The van der Waals surface area contributed by atoms with Crippen molar-refractivity contribution in [1.82, 2.24) is 9.38 Å². The number of H-pyrrole nitrogens is 1. The Bertz CT molecular complexity index is 1300. The van der Waals surface area contributed by atoms with Gasteiger partial charge in [0.1, 0.15) is 9.99 Å². The van der Waals surface area contributed by atoms with Gasteiger partial charge in [-0.15, -0.1) is 4.98 Å². The summed E-state index contributed by atoms with van der Waals surface area (Å²) in [7, 11) is 0. The summed E-state index contributed by atoms with van der Waals surface area (Å²) in [5.41, 5.74) is 1.45. The van der Waals surface area contributed by atoms with Gasteiger partial charge in [-0.25, -0.2) is 9.78 Å². The number of nitrogens with zero attached hydrogens (tertiary/aromatic N) is 2. The number of hydrogen-bond donors (Lipinski definition) is 1. The van der Waals surface area contributed by atoms with Gasteiger partial charge in [0.05, 0.1) is 29.4 Å². The van der Waals surface area contributed by atoms with E-state index in [9.17, 15) is 9.59 Å². The van der Waals surface area contributed by atoms with E-state index in [0.717, 1.165) is 12.8 Å². The number of anilines is 2. The molecule has 0 aliphatic rings. The topological polar surface area (TPSA) is 86.8 Å². The van der Waals surface area contributed by atoms with Crippen molar-refractivity contribution in [3.63, 3.8) is 0 Å². The van der Waals surface area contributed by atoms with Crippen molar-refractivity contribution in [2.24, 2.45) is 0 Å². The SMILES string of the molecule is CCCCOC(=O)c1ccccc1Nc1[nH+]c2nc3ccccc3c(=O)n2cc1Br. The Morgan fingerprint density at radius 3 is 2.80 bits per heavy atom. The largest absolute Gasteiger partial charge is 0.462 e.